The molecular formula is Fe5O5. The van der Waals surface area contributed by atoms with E-state index in [4.69, 9.17) is 0 Å². The quantitative estimate of drug-likeness (QED) is 0.509. The molecule has 0 atom stereocenters. The third-order valence-electron chi connectivity index (χ3n) is 0. The molecule has 0 unspecified atom stereocenters. The second kappa shape index (κ2) is 214. The summed E-state index contributed by atoms with van der Waals surface area (Å²) in [6.07, 6.45) is 0. The standard InChI is InChI=1S/5Fe.5O/q5*+2;5*-2. The molecule has 0 N–H and O–H groups in total. The van der Waals surface area contributed by atoms with Gasteiger partial charge in [-0.05, 0) is 0 Å². The van der Waals surface area contributed by atoms with E-state index >= 15 is 0 Å². The van der Waals surface area contributed by atoms with Crippen molar-refractivity contribution in [1.29, 1.82) is 0 Å². The molecule has 0 saturated carbocycles. The van der Waals surface area contributed by atoms with Gasteiger partial charge in [0.2, 0.25) is 0 Å². The van der Waals surface area contributed by atoms with Gasteiger partial charge < -0.3 is 27.4 Å². The summed E-state index contributed by atoms with van der Waals surface area (Å²) in [5.41, 5.74) is 0. The molecule has 0 heterocycles. The van der Waals surface area contributed by atoms with Gasteiger partial charge in [-0.2, -0.15) is 0 Å². The molecule has 0 aliphatic rings. The van der Waals surface area contributed by atoms with Crippen LogP contribution in [0.4, 0.5) is 0 Å². The number of rotatable bonds is 0. The van der Waals surface area contributed by atoms with E-state index < -0.39 is 0 Å². The van der Waals surface area contributed by atoms with Crippen molar-refractivity contribution < 1.29 is 113 Å². The van der Waals surface area contributed by atoms with Crippen LogP contribution in [0.15, 0.2) is 0 Å². The Balaban J connectivity index is 0. The van der Waals surface area contributed by atoms with Crippen molar-refractivity contribution in [3.8, 4) is 0 Å². The first-order valence-corrected chi connectivity index (χ1v) is 0. The molecule has 0 aliphatic carbocycles. The predicted molar refractivity (Wildman–Crippen MR) is 3.43 cm³/mol. The van der Waals surface area contributed by atoms with Gasteiger partial charge in [0.05, 0.1) is 0 Å². The average molecular weight is 359 g/mol. The zero-order valence-electron chi connectivity index (χ0n) is 3.81. The molecule has 0 spiro atoms. The molecular weight excluding hydrogens is 359 g/mol. The molecule has 0 aromatic carbocycles. The topological polar surface area (TPSA) is 142 Å². The van der Waals surface area contributed by atoms with E-state index in [1.807, 2.05) is 0 Å². The maximum Gasteiger partial charge on any atom is 2.00 e. The minimum absolute atomic E-state index is 0. The Morgan fingerprint density at radius 3 is 0.200 bits per heavy atom. The first-order chi connectivity index (χ1) is 0. The monoisotopic (exact) mass is 360 g/mol. The zero-order chi connectivity index (χ0) is 0. The Hall–Kier alpha value is 2.40. The fraction of sp³-hybridized carbons (Fsp3) is 0. The molecule has 0 bridgehead atoms. The van der Waals surface area contributed by atoms with E-state index in [1.54, 1.807) is 0 Å². The van der Waals surface area contributed by atoms with Crippen LogP contribution in [0.5, 0.6) is 0 Å². The fourth-order valence-corrected chi connectivity index (χ4v) is 0. The van der Waals surface area contributed by atoms with Gasteiger partial charge in [-0.25, -0.2) is 0 Å². The van der Waals surface area contributed by atoms with Gasteiger partial charge in [0.15, 0.2) is 0 Å². The first kappa shape index (κ1) is 280. The third kappa shape index (κ3) is 160. The SMILES string of the molecule is [Fe+2].[Fe+2].[Fe+2].[Fe+2].[Fe+2].[O-2].[O-2].[O-2].[O-2].[O-2]. The van der Waals surface area contributed by atoms with Crippen molar-refractivity contribution in [3.63, 3.8) is 0 Å². The summed E-state index contributed by atoms with van der Waals surface area (Å²) in [6, 6.07) is 0. The van der Waals surface area contributed by atoms with Crippen LogP contribution in [-0.4, -0.2) is 0 Å². The van der Waals surface area contributed by atoms with Gasteiger partial charge >= 0.3 is 85.3 Å². The van der Waals surface area contributed by atoms with E-state index in [-0.39, 0.29) is 113 Å². The van der Waals surface area contributed by atoms with Crippen LogP contribution in [-0.2, 0) is 113 Å². The molecule has 0 radical (unpaired) electrons. The molecule has 0 aromatic heterocycles. The van der Waals surface area contributed by atoms with Gasteiger partial charge in [0, 0.05) is 0 Å². The Kier molecular flexibility index (Phi) is 6010. The maximum absolute atomic E-state index is 0. The molecule has 0 rings (SSSR count). The Morgan fingerprint density at radius 1 is 0.200 bits per heavy atom. The van der Waals surface area contributed by atoms with Crippen molar-refractivity contribution >= 4 is 0 Å². The summed E-state index contributed by atoms with van der Waals surface area (Å²) >= 11 is 0. The largest absolute Gasteiger partial charge is 2.00 e. The van der Waals surface area contributed by atoms with Crippen molar-refractivity contribution in [2.75, 3.05) is 0 Å². The molecule has 5 nitrogen and oxygen atoms in total. The average Bonchev–Trinajstić information content (AvgIpc) is 0. The first-order valence-electron chi connectivity index (χ1n) is 0. The summed E-state index contributed by atoms with van der Waals surface area (Å²) in [5, 5.41) is 0. The van der Waals surface area contributed by atoms with Crippen LogP contribution in [0.2, 0.25) is 0 Å². The zero-order valence-corrected chi connectivity index (χ0v) is 9.33. The predicted octanol–water partition coefficient (Wildman–Crippen LogP) is -0.607. The van der Waals surface area contributed by atoms with E-state index in [1.165, 1.54) is 0 Å². The normalized spacial score (nSPS) is 0. The van der Waals surface area contributed by atoms with Crippen molar-refractivity contribution in [3.05, 3.63) is 0 Å². The van der Waals surface area contributed by atoms with Crippen LogP contribution in [0.25, 0.3) is 0 Å². The van der Waals surface area contributed by atoms with Crippen LogP contribution in [0.1, 0.15) is 0 Å². The van der Waals surface area contributed by atoms with E-state index in [0.29, 0.717) is 0 Å². The molecule has 0 amide bonds. The van der Waals surface area contributed by atoms with Crippen LogP contribution in [0.3, 0.4) is 0 Å². The molecule has 10 heavy (non-hydrogen) atoms. The van der Waals surface area contributed by atoms with Gasteiger partial charge in [-0.15, -0.1) is 0 Å². The van der Waals surface area contributed by atoms with Gasteiger partial charge in [0.25, 0.3) is 0 Å². The number of hydrogen-bond donors (Lipinski definition) is 0. The molecule has 0 aliphatic heterocycles. The summed E-state index contributed by atoms with van der Waals surface area (Å²) in [5.74, 6) is 0. The molecule has 10 heteroatoms. The third-order valence-corrected chi connectivity index (χ3v) is 0. The molecule has 0 aromatic rings. The van der Waals surface area contributed by atoms with Crippen LogP contribution >= 0.6 is 0 Å². The summed E-state index contributed by atoms with van der Waals surface area (Å²) < 4.78 is 0. The molecule has 0 fully saturated rings. The second-order valence-corrected chi connectivity index (χ2v) is 0. The van der Waals surface area contributed by atoms with Crippen LogP contribution in [0, 0.1) is 0 Å². The molecule has 70 valence electrons. The summed E-state index contributed by atoms with van der Waals surface area (Å²) in [4.78, 5) is 0. The maximum atomic E-state index is 0. The van der Waals surface area contributed by atoms with Gasteiger partial charge in [-0.3, -0.25) is 0 Å². The summed E-state index contributed by atoms with van der Waals surface area (Å²) in [7, 11) is 0. The van der Waals surface area contributed by atoms with Gasteiger partial charge in [0.1, 0.15) is 0 Å². The second-order valence-electron chi connectivity index (χ2n) is 0. The van der Waals surface area contributed by atoms with Crippen LogP contribution < -0.4 is 0 Å². The van der Waals surface area contributed by atoms with E-state index in [9.17, 15) is 0 Å². The molecule has 0 saturated heterocycles. The Morgan fingerprint density at radius 2 is 0.200 bits per heavy atom. The van der Waals surface area contributed by atoms with Crippen molar-refractivity contribution in [1.82, 2.24) is 0 Å². The Labute approximate surface area is 112 Å². The summed E-state index contributed by atoms with van der Waals surface area (Å²) in [6.45, 7) is 0. The van der Waals surface area contributed by atoms with Crippen molar-refractivity contribution in [2.24, 2.45) is 0 Å². The van der Waals surface area contributed by atoms with E-state index in [0.717, 1.165) is 0 Å². The minimum atomic E-state index is 0. The number of hydrogen-bond acceptors (Lipinski definition) is 0. The fourth-order valence-electron chi connectivity index (χ4n) is 0. The van der Waals surface area contributed by atoms with Crippen molar-refractivity contribution in [2.45, 2.75) is 0 Å². The van der Waals surface area contributed by atoms with E-state index in [2.05, 4.69) is 0 Å². The van der Waals surface area contributed by atoms with Gasteiger partial charge in [-0.1, -0.05) is 0 Å². The Bertz CT molecular complexity index is 10.0. The minimum Gasteiger partial charge on any atom is -2.00 e. The smallest absolute Gasteiger partial charge is 2.00 e.